The maximum Gasteiger partial charge on any atom is 0.416 e. The summed E-state index contributed by atoms with van der Waals surface area (Å²) in [5, 5.41) is 10.1. The number of aliphatic hydroxyl groups is 1. The number of alkyl halides is 3. The molecule has 0 unspecified atom stereocenters. The Bertz CT molecular complexity index is 1310. The number of aromatic nitrogens is 4. The van der Waals surface area contributed by atoms with Crippen LogP contribution in [0.3, 0.4) is 0 Å². The van der Waals surface area contributed by atoms with Gasteiger partial charge in [-0.05, 0) is 42.5 Å². The van der Waals surface area contributed by atoms with Gasteiger partial charge >= 0.3 is 6.18 Å². The molecule has 0 fully saturated rings. The zero-order valence-corrected chi connectivity index (χ0v) is 18.1. The topological polar surface area (TPSA) is 84.1 Å². The van der Waals surface area contributed by atoms with E-state index < -0.39 is 24.3 Å². The van der Waals surface area contributed by atoms with Gasteiger partial charge in [0.2, 0.25) is 5.82 Å². The van der Waals surface area contributed by atoms with E-state index in [0.717, 1.165) is 12.1 Å². The molecular weight excluding hydrogens is 482 g/mol. The molecule has 1 amide bonds. The van der Waals surface area contributed by atoms with Gasteiger partial charge in [0.1, 0.15) is 21.8 Å². The number of halogens is 5. The van der Waals surface area contributed by atoms with E-state index in [9.17, 15) is 23.1 Å². The Balaban J connectivity index is 1.89. The van der Waals surface area contributed by atoms with E-state index in [1.54, 1.807) is 18.2 Å². The van der Waals surface area contributed by atoms with Crippen LogP contribution in [0.15, 0.2) is 54.7 Å². The van der Waals surface area contributed by atoms with Crippen LogP contribution in [0.2, 0.25) is 10.3 Å². The first-order chi connectivity index (χ1) is 15.7. The van der Waals surface area contributed by atoms with Crippen LogP contribution >= 0.6 is 23.2 Å². The van der Waals surface area contributed by atoms with Crippen molar-refractivity contribution in [1.29, 1.82) is 0 Å². The van der Waals surface area contributed by atoms with Crippen molar-refractivity contribution >= 4 is 46.0 Å². The normalized spacial score (nSPS) is 11.7. The highest BCUT2D eigenvalue weighted by Crippen LogP contribution is 2.33. The molecule has 0 spiro atoms. The molecule has 12 heteroatoms. The summed E-state index contributed by atoms with van der Waals surface area (Å²) in [6.45, 7) is -0.578. The smallest absolute Gasteiger partial charge is 0.395 e. The molecule has 33 heavy (non-hydrogen) atoms. The lowest BCUT2D eigenvalue weighted by Crippen LogP contribution is -2.36. The molecule has 1 N–H and O–H groups in total. The van der Waals surface area contributed by atoms with Gasteiger partial charge in [-0.15, -0.1) is 0 Å². The van der Waals surface area contributed by atoms with Crippen molar-refractivity contribution in [3.8, 4) is 5.69 Å². The number of hydrogen-bond donors (Lipinski definition) is 1. The largest absolute Gasteiger partial charge is 0.416 e. The number of anilines is 1. The van der Waals surface area contributed by atoms with Crippen LogP contribution in [0.25, 0.3) is 16.7 Å². The maximum atomic E-state index is 13.3. The number of aliphatic hydroxyl groups excluding tert-OH is 1. The summed E-state index contributed by atoms with van der Waals surface area (Å²) in [6, 6.07) is 10.7. The molecule has 1 aromatic carbocycles. The van der Waals surface area contributed by atoms with Crippen LogP contribution < -0.4 is 4.90 Å². The first-order valence-electron chi connectivity index (χ1n) is 9.46. The third-order valence-corrected chi connectivity index (χ3v) is 5.08. The standard InChI is InChI=1S/C21H14Cl2F3N5O2/c22-15-11-16(23)29-18(28-15)20(33)30(8-9-32)17-10-12-2-1-7-27-19(12)31(17)14-5-3-13(4-6-14)21(24,25)26/h1-7,10-11,32H,8-9H2. The van der Waals surface area contributed by atoms with Crippen molar-refractivity contribution in [2.45, 2.75) is 6.18 Å². The predicted molar refractivity (Wildman–Crippen MR) is 117 cm³/mol. The number of fused-ring (bicyclic) bond motifs is 1. The average Bonchev–Trinajstić information content (AvgIpc) is 3.15. The Morgan fingerprint density at radius 1 is 1.06 bits per heavy atom. The molecule has 0 aliphatic carbocycles. The van der Waals surface area contributed by atoms with Crippen LogP contribution in [0.1, 0.15) is 16.2 Å². The van der Waals surface area contributed by atoms with Gasteiger partial charge in [0.25, 0.3) is 5.91 Å². The molecule has 4 rings (SSSR count). The minimum absolute atomic E-state index is 0.0488. The molecule has 0 aliphatic rings. The Labute approximate surface area is 195 Å². The van der Waals surface area contributed by atoms with Crippen molar-refractivity contribution in [3.05, 3.63) is 76.4 Å². The fourth-order valence-corrected chi connectivity index (χ4v) is 3.72. The first-order valence-corrected chi connectivity index (χ1v) is 10.2. The van der Waals surface area contributed by atoms with Gasteiger partial charge in [0.15, 0.2) is 0 Å². The molecular formula is C21H14Cl2F3N5O2. The quantitative estimate of drug-likeness (QED) is 0.402. The fraction of sp³-hybridized carbons (Fsp3) is 0.143. The summed E-state index contributed by atoms with van der Waals surface area (Å²) in [7, 11) is 0. The number of carbonyl (C=O) groups is 1. The van der Waals surface area contributed by atoms with Gasteiger partial charge < -0.3 is 5.11 Å². The highest BCUT2D eigenvalue weighted by molar-refractivity contribution is 6.33. The molecule has 3 heterocycles. The monoisotopic (exact) mass is 495 g/mol. The molecule has 0 saturated heterocycles. The molecule has 170 valence electrons. The second kappa shape index (κ2) is 8.97. The number of carbonyl (C=O) groups excluding carboxylic acids is 1. The average molecular weight is 496 g/mol. The molecule has 0 saturated carbocycles. The summed E-state index contributed by atoms with van der Waals surface area (Å²) in [4.78, 5) is 26.6. The summed E-state index contributed by atoms with van der Waals surface area (Å²) in [5.41, 5.74) is -0.0944. The van der Waals surface area contributed by atoms with E-state index in [1.165, 1.54) is 33.9 Å². The zero-order valence-electron chi connectivity index (χ0n) is 16.6. The number of rotatable bonds is 5. The minimum atomic E-state index is -4.50. The number of amides is 1. The molecule has 3 aromatic heterocycles. The number of hydrogen-bond acceptors (Lipinski definition) is 5. The highest BCUT2D eigenvalue weighted by atomic mass is 35.5. The van der Waals surface area contributed by atoms with Crippen molar-refractivity contribution in [3.63, 3.8) is 0 Å². The van der Waals surface area contributed by atoms with Crippen LogP contribution in [-0.4, -0.2) is 43.7 Å². The maximum absolute atomic E-state index is 13.3. The minimum Gasteiger partial charge on any atom is -0.395 e. The number of nitrogens with zero attached hydrogens (tertiary/aromatic N) is 5. The van der Waals surface area contributed by atoms with Gasteiger partial charge in [-0.2, -0.15) is 13.2 Å². The molecule has 0 atom stereocenters. The van der Waals surface area contributed by atoms with Gasteiger partial charge in [-0.25, -0.2) is 15.0 Å². The lowest BCUT2D eigenvalue weighted by molar-refractivity contribution is -0.137. The van der Waals surface area contributed by atoms with Crippen molar-refractivity contribution < 1.29 is 23.1 Å². The van der Waals surface area contributed by atoms with Gasteiger partial charge in [-0.3, -0.25) is 14.3 Å². The van der Waals surface area contributed by atoms with E-state index in [4.69, 9.17) is 23.2 Å². The molecule has 4 aromatic rings. The second-order valence-corrected chi connectivity index (χ2v) is 7.59. The lowest BCUT2D eigenvalue weighted by Gasteiger charge is -2.23. The Kier molecular flexibility index (Phi) is 6.24. The first kappa shape index (κ1) is 23.0. The number of pyridine rings is 1. The second-order valence-electron chi connectivity index (χ2n) is 6.82. The number of benzene rings is 1. The molecule has 0 bridgehead atoms. The van der Waals surface area contributed by atoms with Gasteiger partial charge in [0.05, 0.1) is 18.7 Å². The SMILES string of the molecule is O=C(c1nc(Cl)cc(Cl)n1)N(CCO)c1cc2cccnc2n1-c1ccc(C(F)(F)F)cc1. The summed E-state index contributed by atoms with van der Waals surface area (Å²) in [5.74, 6) is -0.787. The molecule has 0 radical (unpaired) electrons. The van der Waals surface area contributed by atoms with Gasteiger partial charge in [0, 0.05) is 23.3 Å². The van der Waals surface area contributed by atoms with E-state index in [2.05, 4.69) is 15.0 Å². The van der Waals surface area contributed by atoms with Crippen LogP contribution in [-0.2, 0) is 6.18 Å². The van der Waals surface area contributed by atoms with E-state index in [0.29, 0.717) is 16.7 Å². The van der Waals surface area contributed by atoms with Crippen molar-refractivity contribution in [2.75, 3.05) is 18.1 Å². The molecule has 0 aliphatic heterocycles. The third-order valence-electron chi connectivity index (χ3n) is 4.70. The summed E-state index contributed by atoms with van der Waals surface area (Å²) < 4.78 is 40.6. The predicted octanol–water partition coefficient (Wildman–Crippen LogP) is 4.78. The van der Waals surface area contributed by atoms with Crippen LogP contribution in [0.4, 0.5) is 19.0 Å². The van der Waals surface area contributed by atoms with Crippen LogP contribution in [0.5, 0.6) is 0 Å². The Morgan fingerprint density at radius 3 is 2.33 bits per heavy atom. The fourth-order valence-electron chi connectivity index (χ4n) is 3.30. The third kappa shape index (κ3) is 4.63. The summed E-state index contributed by atoms with van der Waals surface area (Å²) >= 11 is 11.8. The highest BCUT2D eigenvalue weighted by Gasteiger charge is 2.31. The van der Waals surface area contributed by atoms with Gasteiger partial charge in [-0.1, -0.05) is 23.2 Å². The van der Waals surface area contributed by atoms with E-state index in [-0.39, 0.29) is 28.5 Å². The van der Waals surface area contributed by atoms with Crippen LogP contribution in [0, 0.1) is 0 Å². The Hall–Kier alpha value is -3.21. The Morgan fingerprint density at radius 2 is 1.73 bits per heavy atom. The van der Waals surface area contributed by atoms with Crippen molar-refractivity contribution in [1.82, 2.24) is 19.5 Å². The van der Waals surface area contributed by atoms with E-state index in [1.807, 2.05) is 0 Å². The summed E-state index contributed by atoms with van der Waals surface area (Å²) in [6.07, 6.45) is -2.98. The zero-order chi connectivity index (χ0) is 23.8. The lowest BCUT2D eigenvalue weighted by atomic mass is 10.2. The molecule has 7 nitrogen and oxygen atoms in total. The van der Waals surface area contributed by atoms with Crippen molar-refractivity contribution in [2.24, 2.45) is 0 Å². The van der Waals surface area contributed by atoms with E-state index >= 15 is 0 Å².